The lowest BCUT2D eigenvalue weighted by Crippen LogP contribution is -2.12. The van der Waals surface area contributed by atoms with Crippen molar-refractivity contribution in [3.05, 3.63) is 35.4 Å². The van der Waals surface area contributed by atoms with Gasteiger partial charge in [-0.25, -0.2) is 8.42 Å². The van der Waals surface area contributed by atoms with Crippen LogP contribution >= 0.6 is 0 Å². The average Bonchev–Trinajstić information content (AvgIpc) is 2.27. The number of benzene rings is 1. The number of sulfone groups is 1. The Morgan fingerprint density at radius 1 is 1.11 bits per heavy atom. The standard InChI is InChI=1S/C14H23NO2S/c1-11(2)12-6-8-13(9-7-12)14(15)5-4-10-18(3,16)17/h6-9,11,14H,4-5,10,15H2,1-3H3. The van der Waals surface area contributed by atoms with E-state index >= 15 is 0 Å². The molecule has 102 valence electrons. The van der Waals surface area contributed by atoms with Gasteiger partial charge in [0.05, 0.1) is 0 Å². The van der Waals surface area contributed by atoms with Crippen molar-refractivity contribution in [3.63, 3.8) is 0 Å². The molecule has 0 radical (unpaired) electrons. The topological polar surface area (TPSA) is 60.2 Å². The van der Waals surface area contributed by atoms with Gasteiger partial charge in [-0.05, 0) is 29.9 Å². The van der Waals surface area contributed by atoms with Gasteiger partial charge in [-0.1, -0.05) is 38.1 Å². The van der Waals surface area contributed by atoms with Crippen LogP contribution in [0.25, 0.3) is 0 Å². The molecule has 0 heterocycles. The molecule has 0 saturated carbocycles. The van der Waals surface area contributed by atoms with Crippen molar-refractivity contribution in [2.75, 3.05) is 12.0 Å². The molecule has 1 aromatic rings. The number of hydrogen-bond donors (Lipinski definition) is 1. The highest BCUT2D eigenvalue weighted by atomic mass is 32.2. The van der Waals surface area contributed by atoms with Gasteiger partial charge in [-0.15, -0.1) is 0 Å². The van der Waals surface area contributed by atoms with Crippen LogP contribution in [0.5, 0.6) is 0 Å². The maximum absolute atomic E-state index is 11.0. The molecule has 0 spiro atoms. The Labute approximate surface area is 110 Å². The third-order valence-electron chi connectivity index (χ3n) is 3.06. The van der Waals surface area contributed by atoms with Gasteiger partial charge in [0.2, 0.25) is 0 Å². The predicted octanol–water partition coefficient (Wildman–Crippen LogP) is 2.63. The minimum atomic E-state index is -2.88. The summed E-state index contributed by atoms with van der Waals surface area (Å²) in [4.78, 5) is 0. The van der Waals surface area contributed by atoms with E-state index in [-0.39, 0.29) is 11.8 Å². The fourth-order valence-electron chi connectivity index (χ4n) is 1.86. The van der Waals surface area contributed by atoms with E-state index in [4.69, 9.17) is 5.73 Å². The van der Waals surface area contributed by atoms with Crippen LogP contribution in [-0.2, 0) is 9.84 Å². The Morgan fingerprint density at radius 2 is 1.61 bits per heavy atom. The maximum atomic E-state index is 11.0. The first kappa shape index (κ1) is 15.2. The molecule has 0 aliphatic carbocycles. The summed E-state index contributed by atoms with van der Waals surface area (Å²) in [5.41, 5.74) is 8.43. The molecule has 4 heteroatoms. The predicted molar refractivity (Wildman–Crippen MR) is 76.4 cm³/mol. The fraction of sp³-hybridized carbons (Fsp3) is 0.571. The summed E-state index contributed by atoms with van der Waals surface area (Å²) in [6.45, 7) is 4.31. The van der Waals surface area contributed by atoms with Gasteiger partial charge >= 0.3 is 0 Å². The van der Waals surface area contributed by atoms with Crippen molar-refractivity contribution >= 4 is 9.84 Å². The van der Waals surface area contributed by atoms with Crippen molar-refractivity contribution < 1.29 is 8.42 Å². The van der Waals surface area contributed by atoms with Crippen molar-refractivity contribution in [1.29, 1.82) is 0 Å². The molecule has 0 bridgehead atoms. The molecular formula is C14H23NO2S. The van der Waals surface area contributed by atoms with Crippen molar-refractivity contribution in [1.82, 2.24) is 0 Å². The molecule has 0 fully saturated rings. The van der Waals surface area contributed by atoms with E-state index < -0.39 is 9.84 Å². The molecular weight excluding hydrogens is 246 g/mol. The molecule has 1 aromatic carbocycles. The first-order valence-electron chi connectivity index (χ1n) is 6.33. The molecule has 0 aliphatic heterocycles. The van der Waals surface area contributed by atoms with Crippen LogP contribution in [0, 0.1) is 0 Å². The average molecular weight is 269 g/mol. The Bertz CT molecular complexity index is 463. The molecule has 0 saturated heterocycles. The van der Waals surface area contributed by atoms with Crippen LogP contribution in [0.1, 0.15) is 49.8 Å². The summed E-state index contributed by atoms with van der Waals surface area (Å²) >= 11 is 0. The monoisotopic (exact) mass is 269 g/mol. The fourth-order valence-corrected chi connectivity index (χ4v) is 2.55. The van der Waals surface area contributed by atoms with E-state index in [1.165, 1.54) is 11.8 Å². The number of hydrogen-bond acceptors (Lipinski definition) is 3. The molecule has 1 rings (SSSR count). The zero-order valence-electron chi connectivity index (χ0n) is 11.4. The largest absolute Gasteiger partial charge is 0.324 e. The van der Waals surface area contributed by atoms with Gasteiger partial charge < -0.3 is 5.73 Å². The second-order valence-corrected chi connectivity index (χ2v) is 7.46. The third-order valence-corrected chi connectivity index (χ3v) is 4.09. The molecule has 1 unspecified atom stereocenters. The van der Waals surface area contributed by atoms with Crippen LogP contribution in [0.2, 0.25) is 0 Å². The SMILES string of the molecule is CC(C)c1ccc(C(N)CCCS(C)(=O)=O)cc1. The Morgan fingerprint density at radius 3 is 2.06 bits per heavy atom. The lowest BCUT2D eigenvalue weighted by Gasteiger charge is -2.13. The third kappa shape index (κ3) is 5.19. The number of nitrogens with two attached hydrogens (primary N) is 1. The first-order valence-corrected chi connectivity index (χ1v) is 8.39. The highest BCUT2D eigenvalue weighted by molar-refractivity contribution is 7.90. The second kappa shape index (κ2) is 6.34. The highest BCUT2D eigenvalue weighted by Crippen LogP contribution is 2.20. The summed E-state index contributed by atoms with van der Waals surface area (Å²) in [6.07, 6.45) is 2.58. The van der Waals surface area contributed by atoms with E-state index in [2.05, 4.69) is 26.0 Å². The van der Waals surface area contributed by atoms with Gasteiger partial charge in [0.1, 0.15) is 9.84 Å². The lowest BCUT2D eigenvalue weighted by molar-refractivity contribution is 0.588. The second-order valence-electron chi connectivity index (χ2n) is 5.20. The first-order chi connectivity index (χ1) is 8.29. The Hall–Kier alpha value is -0.870. The van der Waals surface area contributed by atoms with E-state index in [9.17, 15) is 8.42 Å². The van der Waals surface area contributed by atoms with Gasteiger partial charge in [0.15, 0.2) is 0 Å². The molecule has 2 N–H and O–H groups in total. The maximum Gasteiger partial charge on any atom is 0.147 e. The summed E-state index contributed by atoms with van der Waals surface area (Å²) in [5, 5.41) is 0. The molecule has 3 nitrogen and oxygen atoms in total. The van der Waals surface area contributed by atoms with E-state index in [0.29, 0.717) is 18.8 Å². The summed E-state index contributed by atoms with van der Waals surface area (Å²) in [5.74, 6) is 0.727. The zero-order valence-corrected chi connectivity index (χ0v) is 12.2. The van der Waals surface area contributed by atoms with Crippen LogP contribution in [0.15, 0.2) is 24.3 Å². The van der Waals surface area contributed by atoms with E-state index in [1.54, 1.807) is 0 Å². The summed E-state index contributed by atoms with van der Waals surface area (Å²) in [7, 11) is -2.88. The van der Waals surface area contributed by atoms with Gasteiger partial charge in [-0.3, -0.25) is 0 Å². The van der Waals surface area contributed by atoms with Crippen LogP contribution in [-0.4, -0.2) is 20.4 Å². The van der Waals surface area contributed by atoms with Gasteiger partial charge in [-0.2, -0.15) is 0 Å². The molecule has 18 heavy (non-hydrogen) atoms. The smallest absolute Gasteiger partial charge is 0.147 e. The molecule has 1 atom stereocenters. The lowest BCUT2D eigenvalue weighted by atomic mass is 9.98. The van der Waals surface area contributed by atoms with Crippen molar-refractivity contribution in [2.45, 2.75) is 38.6 Å². The van der Waals surface area contributed by atoms with E-state index in [0.717, 1.165) is 5.56 Å². The van der Waals surface area contributed by atoms with Crippen LogP contribution < -0.4 is 5.73 Å². The van der Waals surface area contributed by atoms with Crippen molar-refractivity contribution in [2.24, 2.45) is 5.73 Å². The van der Waals surface area contributed by atoms with Gasteiger partial charge in [0.25, 0.3) is 0 Å². The molecule has 0 aromatic heterocycles. The van der Waals surface area contributed by atoms with Crippen LogP contribution in [0.3, 0.4) is 0 Å². The van der Waals surface area contributed by atoms with Crippen LogP contribution in [0.4, 0.5) is 0 Å². The number of rotatable bonds is 6. The highest BCUT2D eigenvalue weighted by Gasteiger charge is 2.09. The normalized spacial score (nSPS) is 13.8. The molecule has 0 amide bonds. The minimum Gasteiger partial charge on any atom is -0.324 e. The summed E-state index contributed by atoms with van der Waals surface area (Å²) in [6, 6.07) is 8.20. The minimum absolute atomic E-state index is 0.0760. The summed E-state index contributed by atoms with van der Waals surface area (Å²) < 4.78 is 22.1. The quantitative estimate of drug-likeness (QED) is 0.863. The van der Waals surface area contributed by atoms with E-state index in [1.807, 2.05) is 12.1 Å². The Balaban J connectivity index is 2.54. The van der Waals surface area contributed by atoms with Crippen molar-refractivity contribution in [3.8, 4) is 0 Å². The zero-order chi connectivity index (χ0) is 13.8. The Kier molecular flexibility index (Phi) is 5.35. The van der Waals surface area contributed by atoms with Gasteiger partial charge in [0, 0.05) is 18.1 Å². The molecule has 0 aliphatic rings.